The summed E-state index contributed by atoms with van der Waals surface area (Å²) in [5, 5.41) is 8.98. The van der Waals surface area contributed by atoms with Crippen LogP contribution in [0.1, 0.15) is 43.2 Å². The molecule has 0 aliphatic heterocycles. The highest BCUT2D eigenvalue weighted by Crippen LogP contribution is 2.31. The molecule has 2 unspecified atom stereocenters. The maximum absolute atomic E-state index is 10.9. The second kappa shape index (κ2) is 6.09. The molecule has 1 saturated carbocycles. The van der Waals surface area contributed by atoms with Gasteiger partial charge in [-0.25, -0.2) is 0 Å². The minimum absolute atomic E-state index is 0.0473. The predicted molar refractivity (Wildman–Crippen MR) is 74.5 cm³/mol. The molecular formula is C16H22O3. The SMILES string of the molecule is Cc1cc(C)cc(OC2CCCCC2CC(=O)O)c1. The van der Waals surface area contributed by atoms with Gasteiger partial charge in [0.05, 0.1) is 6.42 Å². The normalized spacial score (nSPS) is 23.1. The summed E-state index contributed by atoms with van der Waals surface area (Å²) in [7, 11) is 0. The lowest BCUT2D eigenvalue weighted by atomic mass is 9.84. The molecule has 0 amide bonds. The molecule has 1 aliphatic rings. The van der Waals surface area contributed by atoms with Crippen molar-refractivity contribution in [3.05, 3.63) is 29.3 Å². The number of benzene rings is 1. The Morgan fingerprint density at radius 3 is 2.47 bits per heavy atom. The van der Waals surface area contributed by atoms with E-state index >= 15 is 0 Å². The Morgan fingerprint density at radius 1 is 1.21 bits per heavy atom. The average molecular weight is 262 g/mol. The number of carboxylic acids is 1. The van der Waals surface area contributed by atoms with Crippen LogP contribution in [-0.4, -0.2) is 17.2 Å². The molecule has 3 heteroatoms. The first kappa shape index (κ1) is 13.9. The Kier molecular flexibility index (Phi) is 4.46. The average Bonchev–Trinajstić information content (AvgIpc) is 2.29. The Balaban J connectivity index is 2.08. The molecule has 0 bridgehead atoms. The number of rotatable bonds is 4. The van der Waals surface area contributed by atoms with E-state index in [-0.39, 0.29) is 18.4 Å². The van der Waals surface area contributed by atoms with Gasteiger partial charge in [0.2, 0.25) is 0 Å². The van der Waals surface area contributed by atoms with Gasteiger partial charge < -0.3 is 9.84 Å². The molecule has 1 N–H and O–H groups in total. The molecule has 1 fully saturated rings. The minimum atomic E-state index is -0.721. The third kappa shape index (κ3) is 3.98. The predicted octanol–water partition coefficient (Wildman–Crippen LogP) is 3.72. The molecule has 19 heavy (non-hydrogen) atoms. The van der Waals surface area contributed by atoms with E-state index in [2.05, 4.69) is 19.9 Å². The maximum Gasteiger partial charge on any atom is 0.303 e. The van der Waals surface area contributed by atoms with E-state index in [0.717, 1.165) is 31.4 Å². The molecule has 0 heterocycles. The van der Waals surface area contributed by atoms with Gasteiger partial charge in [-0.2, -0.15) is 0 Å². The van der Waals surface area contributed by atoms with Crippen molar-refractivity contribution in [2.24, 2.45) is 5.92 Å². The van der Waals surface area contributed by atoms with E-state index in [9.17, 15) is 4.79 Å². The second-order valence-corrected chi connectivity index (χ2v) is 5.62. The first-order valence-electron chi connectivity index (χ1n) is 7.01. The molecule has 1 aliphatic carbocycles. The van der Waals surface area contributed by atoms with Gasteiger partial charge in [-0.05, 0) is 56.4 Å². The van der Waals surface area contributed by atoms with E-state index < -0.39 is 5.97 Å². The van der Waals surface area contributed by atoms with Gasteiger partial charge in [0.15, 0.2) is 0 Å². The van der Waals surface area contributed by atoms with Gasteiger partial charge in [0, 0.05) is 5.92 Å². The summed E-state index contributed by atoms with van der Waals surface area (Å²) in [5.41, 5.74) is 2.36. The van der Waals surface area contributed by atoms with Crippen LogP contribution in [0, 0.1) is 19.8 Å². The van der Waals surface area contributed by atoms with E-state index in [1.54, 1.807) is 0 Å². The number of hydrogen-bond donors (Lipinski definition) is 1. The monoisotopic (exact) mass is 262 g/mol. The summed E-state index contributed by atoms with van der Waals surface area (Å²) in [6.45, 7) is 4.10. The molecule has 1 aromatic rings. The molecular weight excluding hydrogens is 240 g/mol. The number of carbonyl (C=O) groups is 1. The second-order valence-electron chi connectivity index (χ2n) is 5.62. The zero-order valence-corrected chi connectivity index (χ0v) is 11.7. The van der Waals surface area contributed by atoms with Crippen molar-refractivity contribution in [2.75, 3.05) is 0 Å². The highest BCUT2D eigenvalue weighted by atomic mass is 16.5. The van der Waals surface area contributed by atoms with Crippen LogP contribution in [0.4, 0.5) is 0 Å². The lowest BCUT2D eigenvalue weighted by Crippen LogP contribution is -2.32. The van der Waals surface area contributed by atoms with Gasteiger partial charge >= 0.3 is 5.97 Å². The van der Waals surface area contributed by atoms with Crippen LogP contribution in [-0.2, 0) is 4.79 Å². The fourth-order valence-electron chi connectivity index (χ4n) is 2.96. The van der Waals surface area contributed by atoms with Crippen LogP contribution in [0.5, 0.6) is 5.75 Å². The Labute approximate surface area is 114 Å². The van der Waals surface area contributed by atoms with Crippen molar-refractivity contribution in [3.63, 3.8) is 0 Å². The molecule has 2 rings (SSSR count). The van der Waals surface area contributed by atoms with Gasteiger partial charge in [0.1, 0.15) is 11.9 Å². The molecule has 3 nitrogen and oxygen atoms in total. The summed E-state index contributed by atoms with van der Waals surface area (Å²) in [6, 6.07) is 6.17. The largest absolute Gasteiger partial charge is 0.490 e. The van der Waals surface area contributed by atoms with Crippen molar-refractivity contribution in [1.82, 2.24) is 0 Å². The van der Waals surface area contributed by atoms with Crippen LogP contribution in [0.25, 0.3) is 0 Å². The number of carboxylic acid groups (broad SMARTS) is 1. The zero-order valence-electron chi connectivity index (χ0n) is 11.7. The quantitative estimate of drug-likeness (QED) is 0.899. The highest BCUT2D eigenvalue weighted by Gasteiger charge is 2.28. The van der Waals surface area contributed by atoms with Crippen LogP contribution < -0.4 is 4.74 Å². The van der Waals surface area contributed by atoms with Crippen molar-refractivity contribution in [2.45, 2.75) is 52.1 Å². The van der Waals surface area contributed by atoms with Crippen LogP contribution in [0.2, 0.25) is 0 Å². The van der Waals surface area contributed by atoms with Crippen molar-refractivity contribution < 1.29 is 14.6 Å². The molecule has 2 atom stereocenters. The molecule has 0 spiro atoms. The van der Waals surface area contributed by atoms with Crippen molar-refractivity contribution in [3.8, 4) is 5.75 Å². The van der Waals surface area contributed by atoms with Crippen molar-refractivity contribution >= 4 is 5.97 Å². The van der Waals surface area contributed by atoms with Gasteiger partial charge in [-0.15, -0.1) is 0 Å². The summed E-state index contributed by atoms with van der Waals surface area (Å²) in [6.07, 6.45) is 4.43. The Hall–Kier alpha value is -1.51. The molecule has 0 saturated heterocycles. The zero-order chi connectivity index (χ0) is 13.8. The smallest absolute Gasteiger partial charge is 0.303 e. The summed E-state index contributed by atoms with van der Waals surface area (Å²) < 4.78 is 6.07. The number of ether oxygens (including phenoxy) is 1. The lowest BCUT2D eigenvalue weighted by molar-refractivity contribution is -0.139. The van der Waals surface area contributed by atoms with E-state index in [1.165, 1.54) is 11.1 Å². The van der Waals surface area contributed by atoms with Crippen LogP contribution in [0.15, 0.2) is 18.2 Å². The fraction of sp³-hybridized carbons (Fsp3) is 0.562. The standard InChI is InChI=1S/C16H22O3/c1-11-7-12(2)9-14(8-11)19-15-6-4-3-5-13(15)10-16(17)18/h7-9,13,15H,3-6,10H2,1-2H3,(H,17,18). The third-order valence-electron chi connectivity index (χ3n) is 3.76. The lowest BCUT2D eigenvalue weighted by Gasteiger charge is -2.31. The molecule has 0 aromatic heterocycles. The van der Waals surface area contributed by atoms with Crippen LogP contribution >= 0.6 is 0 Å². The first-order chi connectivity index (χ1) is 9.04. The van der Waals surface area contributed by atoms with Crippen molar-refractivity contribution in [1.29, 1.82) is 0 Å². The molecule has 1 aromatic carbocycles. The van der Waals surface area contributed by atoms with E-state index in [4.69, 9.17) is 9.84 Å². The van der Waals surface area contributed by atoms with Crippen LogP contribution in [0.3, 0.4) is 0 Å². The number of aliphatic carboxylic acids is 1. The summed E-state index contributed by atoms with van der Waals surface area (Å²) >= 11 is 0. The molecule has 104 valence electrons. The Morgan fingerprint density at radius 2 is 1.84 bits per heavy atom. The maximum atomic E-state index is 10.9. The fourth-order valence-corrected chi connectivity index (χ4v) is 2.96. The van der Waals surface area contributed by atoms with Gasteiger partial charge in [-0.3, -0.25) is 4.79 Å². The highest BCUT2D eigenvalue weighted by molar-refractivity contribution is 5.67. The first-order valence-corrected chi connectivity index (χ1v) is 7.01. The molecule has 0 radical (unpaired) electrons. The van der Waals surface area contributed by atoms with Gasteiger partial charge in [0.25, 0.3) is 0 Å². The van der Waals surface area contributed by atoms with Gasteiger partial charge in [-0.1, -0.05) is 12.5 Å². The summed E-state index contributed by atoms with van der Waals surface area (Å²) in [4.78, 5) is 10.9. The number of aryl methyl sites for hydroxylation is 2. The van der Waals surface area contributed by atoms with E-state index in [0.29, 0.717) is 0 Å². The number of hydrogen-bond acceptors (Lipinski definition) is 2. The minimum Gasteiger partial charge on any atom is -0.490 e. The summed E-state index contributed by atoms with van der Waals surface area (Å²) in [5.74, 6) is 0.299. The topological polar surface area (TPSA) is 46.5 Å². The third-order valence-corrected chi connectivity index (χ3v) is 3.76. The Bertz CT molecular complexity index is 433. The van der Waals surface area contributed by atoms with E-state index in [1.807, 2.05) is 12.1 Å².